The topological polar surface area (TPSA) is 55.8 Å². The first-order valence-corrected chi connectivity index (χ1v) is 7.18. The van der Waals surface area contributed by atoms with E-state index in [4.69, 9.17) is 9.47 Å². The smallest absolute Gasteiger partial charge is 0.309 e. The minimum Gasteiger partial charge on any atom is -0.481 e. The van der Waals surface area contributed by atoms with Gasteiger partial charge in [0.1, 0.15) is 0 Å². The Hall–Kier alpha value is -0.610. The van der Waals surface area contributed by atoms with E-state index in [9.17, 15) is 9.90 Å². The molecule has 1 saturated heterocycles. The molecule has 0 atom stereocenters. The highest BCUT2D eigenvalue weighted by atomic mass is 16.7. The van der Waals surface area contributed by atoms with Gasteiger partial charge in [-0.3, -0.25) is 4.79 Å². The van der Waals surface area contributed by atoms with Crippen molar-refractivity contribution in [3.05, 3.63) is 0 Å². The molecule has 0 amide bonds. The van der Waals surface area contributed by atoms with E-state index in [0.717, 1.165) is 25.7 Å². The molecule has 1 N–H and O–H groups in total. The Morgan fingerprint density at radius 3 is 2.06 bits per heavy atom. The summed E-state index contributed by atoms with van der Waals surface area (Å²) in [6.07, 6.45) is 7.48. The van der Waals surface area contributed by atoms with Gasteiger partial charge in [0.2, 0.25) is 0 Å². The number of ether oxygens (including phenoxy) is 2. The molecule has 2 aliphatic carbocycles. The molecule has 4 nitrogen and oxygen atoms in total. The maximum absolute atomic E-state index is 11.8. The maximum atomic E-state index is 11.8. The van der Waals surface area contributed by atoms with Gasteiger partial charge in [-0.2, -0.15) is 0 Å². The highest BCUT2D eigenvalue weighted by Gasteiger charge is 2.53. The quantitative estimate of drug-likeness (QED) is 0.822. The first-order valence-electron chi connectivity index (χ1n) is 7.18. The average molecular weight is 254 g/mol. The predicted molar refractivity (Wildman–Crippen MR) is 65.1 cm³/mol. The molecule has 1 spiro atoms. The lowest BCUT2D eigenvalue weighted by Crippen LogP contribution is -2.47. The summed E-state index contributed by atoms with van der Waals surface area (Å²) in [5.74, 6) is -0.673. The molecule has 0 aromatic carbocycles. The van der Waals surface area contributed by atoms with Crippen LogP contribution in [0, 0.1) is 11.3 Å². The minimum absolute atomic E-state index is 0.369. The van der Waals surface area contributed by atoms with E-state index < -0.39 is 17.2 Å². The summed E-state index contributed by atoms with van der Waals surface area (Å²) in [5, 5.41) is 9.70. The molecule has 3 aliphatic rings. The number of hydrogen-bond acceptors (Lipinski definition) is 3. The van der Waals surface area contributed by atoms with E-state index in [1.165, 1.54) is 12.8 Å². The third-order valence-electron chi connectivity index (χ3n) is 5.28. The van der Waals surface area contributed by atoms with Crippen LogP contribution in [0.4, 0.5) is 0 Å². The van der Waals surface area contributed by atoms with Crippen LogP contribution in [-0.2, 0) is 14.3 Å². The molecular formula is C14H22O4. The van der Waals surface area contributed by atoms with Crippen molar-refractivity contribution in [3.63, 3.8) is 0 Å². The summed E-state index contributed by atoms with van der Waals surface area (Å²) < 4.78 is 11.4. The third kappa shape index (κ3) is 1.86. The third-order valence-corrected chi connectivity index (χ3v) is 5.28. The summed E-state index contributed by atoms with van der Waals surface area (Å²) in [5.41, 5.74) is -0.503. The number of carbonyl (C=O) groups is 1. The van der Waals surface area contributed by atoms with Gasteiger partial charge >= 0.3 is 5.97 Å². The van der Waals surface area contributed by atoms with Crippen LogP contribution in [0.2, 0.25) is 0 Å². The molecule has 0 aromatic rings. The van der Waals surface area contributed by atoms with Crippen molar-refractivity contribution in [2.45, 2.75) is 57.2 Å². The van der Waals surface area contributed by atoms with Gasteiger partial charge < -0.3 is 14.6 Å². The summed E-state index contributed by atoms with van der Waals surface area (Å²) in [6, 6.07) is 0. The van der Waals surface area contributed by atoms with Crippen LogP contribution in [-0.4, -0.2) is 30.1 Å². The molecule has 2 saturated carbocycles. The lowest BCUT2D eigenvalue weighted by molar-refractivity contribution is -0.202. The highest BCUT2D eigenvalue weighted by molar-refractivity contribution is 5.75. The normalized spacial score (nSPS) is 30.9. The number of carboxylic acid groups (broad SMARTS) is 1. The van der Waals surface area contributed by atoms with Crippen LogP contribution >= 0.6 is 0 Å². The average Bonchev–Trinajstić information content (AvgIpc) is 3.02. The minimum atomic E-state index is -0.595. The van der Waals surface area contributed by atoms with Crippen LogP contribution in [0.15, 0.2) is 0 Å². The van der Waals surface area contributed by atoms with E-state index in [2.05, 4.69) is 0 Å². The van der Waals surface area contributed by atoms with Gasteiger partial charge in [0.05, 0.1) is 18.6 Å². The second-order valence-electron chi connectivity index (χ2n) is 6.05. The number of aliphatic carboxylic acids is 1. The molecule has 0 bridgehead atoms. The van der Waals surface area contributed by atoms with Gasteiger partial charge in [-0.15, -0.1) is 0 Å². The van der Waals surface area contributed by atoms with Crippen LogP contribution in [0.3, 0.4) is 0 Å². The molecule has 102 valence electrons. The predicted octanol–water partition coefficient (Wildman–Crippen LogP) is 2.56. The van der Waals surface area contributed by atoms with Gasteiger partial charge in [-0.1, -0.05) is 12.8 Å². The first kappa shape index (κ1) is 12.4. The van der Waals surface area contributed by atoms with Gasteiger partial charge in [-0.25, -0.2) is 0 Å². The monoisotopic (exact) mass is 254 g/mol. The molecule has 3 fully saturated rings. The second-order valence-corrected chi connectivity index (χ2v) is 6.05. The molecular weight excluding hydrogens is 232 g/mol. The van der Waals surface area contributed by atoms with Crippen molar-refractivity contribution < 1.29 is 19.4 Å². The zero-order chi connectivity index (χ0) is 12.6. The first-order chi connectivity index (χ1) is 8.67. The maximum Gasteiger partial charge on any atom is 0.309 e. The largest absolute Gasteiger partial charge is 0.481 e. The summed E-state index contributed by atoms with van der Waals surface area (Å²) in [4.78, 5) is 11.8. The van der Waals surface area contributed by atoms with Crippen molar-refractivity contribution in [2.75, 3.05) is 13.2 Å². The lowest BCUT2D eigenvalue weighted by Gasteiger charge is -2.44. The molecule has 0 unspecified atom stereocenters. The highest BCUT2D eigenvalue weighted by Crippen LogP contribution is 2.53. The van der Waals surface area contributed by atoms with Crippen molar-refractivity contribution in [1.29, 1.82) is 0 Å². The summed E-state index contributed by atoms with van der Waals surface area (Å²) in [7, 11) is 0. The van der Waals surface area contributed by atoms with Gasteiger partial charge in [0.25, 0.3) is 0 Å². The molecule has 3 rings (SSSR count). The van der Waals surface area contributed by atoms with E-state index >= 15 is 0 Å². The Morgan fingerprint density at radius 2 is 1.56 bits per heavy atom. The Bertz CT molecular complexity index is 317. The van der Waals surface area contributed by atoms with Crippen molar-refractivity contribution >= 4 is 5.97 Å². The number of hydrogen-bond donors (Lipinski definition) is 1. The fourth-order valence-electron chi connectivity index (χ4n) is 4.14. The van der Waals surface area contributed by atoms with Crippen molar-refractivity contribution in [3.8, 4) is 0 Å². The number of carboxylic acids is 1. The fourth-order valence-corrected chi connectivity index (χ4v) is 4.14. The van der Waals surface area contributed by atoms with E-state index in [1.807, 2.05) is 0 Å². The Kier molecular flexibility index (Phi) is 3.10. The van der Waals surface area contributed by atoms with Gasteiger partial charge in [-0.05, 0) is 31.6 Å². The SMILES string of the molecule is O=C(O)C1(C2CCCC2)CCC2(CC1)OCCO2. The van der Waals surface area contributed by atoms with Gasteiger partial charge in [0, 0.05) is 12.8 Å². The van der Waals surface area contributed by atoms with Crippen LogP contribution in [0.5, 0.6) is 0 Å². The van der Waals surface area contributed by atoms with Crippen LogP contribution < -0.4 is 0 Å². The van der Waals surface area contributed by atoms with Crippen LogP contribution in [0.1, 0.15) is 51.4 Å². The Balaban J connectivity index is 1.75. The fraction of sp³-hybridized carbons (Fsp3) is 0.929. The Morgan fingerprint density at radius 1 is 1.00 bits per heavy atom. The van der Waals surface area contributed by atoms with Crippen LogP contribution in [0.25, 0.3) is 0 Å². The molecule has 0 radical (unpaired) electrons. The second kappa shape index (κ2) is 4.49. The molecule has 4 heteroatoms. The van der Waals surface area contributed by atoms with E-state index in [1.54, 1.807) is 0 Å². The lowest BCUT2D eigenvalue weighted by atomic mass is 9.64. The standard InChI is InChI=1S/C14H22O4/c15-12(16)13(11-3-1-2-4-11)5-7-14(8-6-13)17-9-10-18-14/h11H,1-10H2,(H,15,16). The zero-order valence-electron chi connectivity index (χ0n) is 10.8. The zero-order valence-corrected chi connectivity index (χ0v) is 10.8. The molecule has 1 heterocycles. The van der Waals surface area contributed by atoms with Crippen molar-refractivity contribution in [2.24, 2.45) is 11.3 Å². The van der Waals surface area contributed by atoms with E-state index in [0.29, 0.717) is 32.0 Å². The Labute approximate surface area is 108 Å². The van der Waals surface area contributed by atoms with E-state index in [-0.39, 0.29) is 0 Å². The number of rotatable bonds is 2. The van der Waals surface area contributed by atoms with Gasteiger partial charge in [0.15, 0.2) is 5.79 Å². The summed E-state index contributed by atoms with van der Waals surface area (Å²) >= 11 is 0. The summed E-state index contributed by atoms with van der Waals surface area (Å²) in [6.45, 7) is 1.31. The van der Waals surface area contributed by atoms with Crippen molar-refractivity contribution in [1.82, 2.24) is 0 Å². The molecule has 18 heavy (non-hydrogen) atoms. The molecule has 1 aliphatic heterocycles. The molecule has 0 aromatic heterocycles.